The molecule has 1 rings (SSSR count). The monoisotopic (exact) mass is 256 g/mol. The third-order valence-electron chi connectivity index (χ3n) is 2.04. The average molecular weight is 257 g/mol. The molecule has 1 unspecified atom stereocenters. The van der Waals surface area contributed by atoms with E-state index in [4.69, 9.17) is 4.74 Å². The number of carbonyl (C=O) groups excluding carboxylic acids is 1. The second-order valence-corrected chi connectivity index (χ2v) is 4.11. The Labute approximate surface area is 92.4 Å². The zero-order valence-electron chi connectivity index (χ0n) is 8.50. The number of aryl methyl sites for hydroxylation is 1. The molecular weight excluding hydrogens is 244 g/mol. The second kappa shape index (κ2) is 4.71. The van der Waals surface area contributed by atoms with E-state index in [1.807, 2.05) is 25.1 Å². The van der Waals surface area contributed by atoms with Crippen molar-refractivity contribution < 1.29 is 9.53 Å². The first-order valence-corrected chi connectivity index (χ1v) is 5.15. The zero-order chi connectivity index (χ0) is 10.7. The summed E-state index contributed by atoms with van der Waals surface area (Å²) < 4.78 is 6.06. The minimum absolute atomic E-state index is 0.0112. The molecule has 0 aliphatic carbocycles. The van der Waals surface area contributed by atoms with Gasteiger partial charge in [0.2, 0.25) is 0 Å². The van der Waals surface area contributed by atoms with Gasteiger partial charge in [0.15, 0.2) is 5.78 Å². The third-order valence-corrected chi connectivity index (χ3v) is 2.73. The number of Topliss-reactive ketones (excluding diaryl/α,β-unsaturated/α-hetero) is 1. The predicted octanol–water partition coefficient (Wildman–Crippen LogP) is 3.03. The first-order valence-electron chi connectivity index (χ1n) is 4.35. The van der Waals surface area contributed by atoms with Crippen LogP contribution in [0.3, 0.4) is 0 Å². The van der Waals surface area contributed by atoms with Gasteiger partial charge in [-0.3, -0.25) is 4.79 Å². The van der Waals surface area contributed by atoms with Crippen molar-refractivity contribution in [2.45, 2.75) is 20.0 Å². The van der Waals surface area contributed by atoms with Gasteiger partial charge in [0.25, 0.3) is 0 Å². The zero-order valence-corrected chi connectivity index (χ0v) is 10.1. The summed E-state index contributed by atoms with van der Waals surface area (Å²) in [6.07, 6.45) is -0.468. The predicted molar refractivity (Wildman–Crippen MR) is 59.3 cm³/mol. The van der Waals surface area contributed by atoms with Crippen LogP contribution in [0.15, 0.2) is 22.7 Å². The largest absolute Gasteiger partial charge is 0.369 e. The highest BCUT2D eigenvalue weighted by molar-refractivity contribution is 9.10. The number of rotatable bonds is 3. The lowest BCUT2D eigenvalue weighted by Gasteiger charge is -2.14. The first-order chi connectivity index (χ1) is 6.56. The molecule has 1 aromatic carbocycles. The quantitative estimate of drug-likeness (QED) is 0.831. The van der Waals surface area contributed by atoms with Crippen LogP contribution >= 0.6 is 15.9 Å². The van der Waals surface area contributed by atoms with Gasteiger partial charge in [-0.1, -0.05) is 28.1 Å². The fourth-order valence-electron chi connectivity index (χ4n) is 1.36. The smallest absolute Gasteiger partial charge is 0.163 e. The van der Waals surface area contributed by atoms with Crippen LogP contribution in [-0.4, -0.2) is 12.9 Å². The summed E-state index contributed by atoms with van der Waals surface area (Å²) in [5, 5.41) is 0. The molecule has 1 aromatic rings. The Kier molecular flexibility index (Phi) is 3.84. The lowest BCUT2D eigenvalue weighted by Crippen LogP contribution is -2.11. The molecule has 0 saturated carbocycles. The van der Waals surface area contributed by atoms with Gasteiger partial charge in [0.05, 0.1) is 0 Å². The van der Waals surface area contributed by atoms with E-state index in [0.717, 1.165) is 15.6 Å². The van der Waals surface area contributed by atoms with E-state index in [0.29, 0.717) is 0 Å². The summed E-state index contributed by atoms with van der Waals surface area (Å²) in [5.41, 5.74) is 2.03. The Morgan fingerprint density at radius 2 is 2.14 bits per heavy atom. The van der Waals surface area contributed by atoms with Crippen LogP contribution in [0.5, 0.6) is 0 Å². The molecule has 76 valence electrons. The third kappa shape index (κ3) is 2.42. The number of ether oxygens (including phenoxy) is 1. The summed E-state index contributed by atoms with van der Waals surface area (Å²) >= 11 is 3.42. The van der Waals surface area contributed by atoms with E-state index in [1.54, 1.807) is 7.11 Å². The minimum Gasteiger partial charge on any atom is -0.369 e. The topological polar surface area (TPSA) is 26.3 Å². The van der Waals surface area contributed by atoms with Gasteiger partial charge in [0.1, 0.15) is 6.10 Å². The molecule has 0 aliphatic rings. The van der Waals surface area contributed by atoms with Gasteiger partial charge in [0, 0.05) is 17.1 Å². The summed E-state index contributed by atoms with van der Waals surface area (Å²) in [6, 6.07) is 5.86. The molecule has 0 heterocycles. The molecule has 0 saturated heterocycles. The molecule has 2 nitrogen and oxygen atoms in total. The molecule has 0 spiro atoms. The van der Waals surface area contributed by atoms with Gasteiger partial charge in [-0.05, 0) is 25.5 Å². The van der Waals surface area contributed by atoms with Crippen LogP contribution in [0.1, 0.15) is 24.2 Å². The standard InChI is InChI=1S/C11H13BrO2/c1-7-4-5-9(10(12)6-7)11(14-3)8(2)13/h4-6,11H,1-3H3. The highest BCUT2D eigenvalue weighted by atomic mass is 79.9. The van der Waals surface area contributed by atoms with Crippen molar-refractivity contribution in [3.05, 3.63) is 33.8 Å². The van der Waals surface area contributed by atoms with Crippen molar-refractivity contribution in [1.29, 1.82) is 0 Å². The van der Waals surface area contributed by atoms with Gasteiger partial charge >= 0.3 is 0 Å². The number of halogens is 1. The lowest BCUT2D eigenvalue weighted by molar-refractivity contribution is -0.126. The Morgan fingerprint density at radius 3 is 2.57 bits per heavy atom. The normalized spacial score (nSPS) is 12.6. The average Bonchev–Trinajstić information content (AvgIpc) is 2.09. The molecule has 3 heteroatoms. The highest BCUT2D eigenvalue weighted by Gasteiger charge is 2.18. The number of carbonyl (C=O) groups is 1. The van der Waals surface area contributed by atoms with E-state index in [-0.39, 0.29) is 5.78 Å². The Morgan fingerprint density at radius 1 is 1.50 bits per heavy atom. The van der Waals surface area contributed by atoms with E-state index in [1.165, 1.54) is 6.92 Å². The lowest BCUT2D eigenvalue weighted by atomic mass is 10.0. The van der Waals surface area contributed by atoms with E-state index >= 15 is 0 Å². The number of benzene rings is 1. The molecule has 0 bridgehead atoms. The summed E-state index contributed by atoms with van der Waals surface area (Å²) in [7, 11) is 1.54. The van der Waals surface area contributed by atoms with Crippen molar-refractivity contribution >= 4 is 21.7 Å². The maximum atomic E-state index is 11.3. The maximum Gasteiger partial charge on any atom is 0.163 e. The second-order valence-electron chi connectivity index (χ2n) is 3.25. The van der Waals surface area contributed by atoms with Crippen LogP contribution in [-0.2, 0) is 9.53 Å². The van der Waals surface area contributed by atoms with Crippen molar-refractivity contribution in [3.8, 4) is 0 Å². The molecular formula is C11H13BrO2. The van der Waals surface area contributed by atoms with E-state index < -0.39 is 6.10 Å². The molecule has 1 atom stereocenters. The molecule has 0 N–H and O–H groups in total. The van der Waals surface area contributed by atoms with E-state index in [9.17, 15) is 4.79 Å². The molecule has 0 aliphatic heterocycles. The SMILES string of the molecule is COC(C(C)=O)c1ccc(C)cc1Br. The van der Waals surface area contributed by atoms with Crippen molar-refractivity contribution in [2.24, 2.45) is 0 Å². The molecule has 0 fully saturated rings. The number of methoxy groups -OCH3 is 1. The highest BCUT2D eigenvalue weighted by Crippen LogP contribution is 2.27. The van der Waals surface area contributed by atoms with Gasteiger partial charge < -0.3 is 4.74 Å². The molecule has 0 amide bonds. The van der Waals surface area contributed by atoms with Crippen molar-refractivity contribution in [3.63, 3.8) is 0 Å². The summed E-state index contributed by atoms with van der Waals surface area (Å²) in [4.78, 5) is 11.3. The van der Waals surface area contributed by atoms with Crippen LogP contribution in [0.4, 0.5) is 0 Å². The number of ketones is 1. The Hall–Kier alpha value is -0.670. The van der Waals surface area contributed by atoms with Gasteiger partial charge in [-0.15, -0.1) is 0 Å². The Balaban J connectivity index is 3.10. The van der Waals surface area contributed by atoms with Gasteiger partial charge in [-0.25, -0.2) is 0 Å². The van der Waals surface area contributed by atoms with Crippen molar-refractivity contribution in [1.82, 2.24) is 0 Å². The molecule has 14 heavy (non-hydrogen) atoms. The summed E-state index contributed by atoms with van der Waals surface area (Å²) in [6.45, 7) is 3.53. The van der Waals surface area contributed by atoms with Gasteiger partial charge in [-0.2, -0.15) is 0 Å². The fraction of sp³-hybridized carbons (Fsp3) is 0.364. The van der Waals surface area contributed by atoms with Crippen LogP contribution in [0.25, 0.3) is 0 Å². The van der Waals surface area contributed by atoms with Crippen LogP contribution in [0.2, 0.25) is 0 Å². The fourth-order valence-corrected chi connectivity index (χ4v) is 2.06. The van der Waals surface area contributed by atoms with Crippen molar-refractivity contribution in [2.75, 3.05) is 7.11 Å². The summed E-state index contributed by atoms with van der Waals surface area (Å²) in [5.74, 6) is 0.0112. The number of hydrogen-bond donors (Lipinski definition) is 0. The van der Waals surface area contributed by atoms with E-state index in [2.05, 4.69) is 15.9 Å². The first kappa shape index (κ1) is 11.4. The molecule has 0 radical (unpaired) electrons. The van der Waals surface area contributed by atoms with Crippen LogP contribution < -0.4 is 0 Å². The number of hydrogen-bond acceptors (Lipinski definition) is 2. The molecule has 0 aromatic heterocycles. The van der Waals surface area contributed by atoms with Crippen LogP contribution in [0, 0.1) is 6.92 Å². The minimum atomic E-state index is -0.468. The Bertz CT molecular complexity index is 347. The maximum absolute atomic E-state index is 11.3.